The molecule has 1 aromatic heterocycles. The van der Waals surface area contributed by atoms with Gasteiger partial charge in [-0.1, -0.05) is 71.9 Å². The van der Waals surface area contributed by atoms with Crippen LogP contribution in [0.4, 0.5) is 0 Å². The largest absolute Gasteiger partial charge is 0.353 e. The number of aryl methyl sites for hydroxylation is 2. The summed E-state index contributed by atoms with van der Waals surface area (Å²) in [7, 11) is 0. The number of piperidine rings is 1. The standard InChI is InChI=1S/C25H31N5OS/c1-19-7-6-10-22(15-19)16-29-13-11-23(12-14-29)26-24(31)18-32-25-28-27-20(2)30(25)17-21-8-4-3-5-9-21/h3-10,15,23H,11-14,16-18H2,1-2H3,(H,26,31). The third-order valence-corrected chi connectivity index (χ3v) is 6.83. The number of rotatable bonds is 8. The molecular weight excluding hydrogens is 418 g/mol. The Hall–Kier alpha value is -2.64. The fourth-order valence-corrected chi connectivity index (χ4v) is 4.91. The van der Waals surface area contributed by atoms with Crippen molar-refractivity contribution in [2.75, 3.05) is 18.8 Å². The predicted octanol–water partition coefficient (Wildman–Crippen LogP) is 3.82. The second-order valence-corrected chi connectivity index (χ2v) is 9.44. The molecule has 0 radical (unpaired) electrons. The zero-order chi connectivity index (χ0) is 22.3. The Bertz CT molecular complexity index is 1030. The summed E-state index contributed by atoms with van der Waals surface area (Å²) in [6.07, 6.45) is 1.98. The molecule has 0 bridgehead atoms. The van der Waals surface area contributed by atoms with E-state index in [0.29, 0.717) is 12.3 Å². The molecule has 2 heterocycles. The molecule has 1 amide bonds. The van der Waals surface area contributed by atoms with Gasteiger partial charge >= 0.3 is 0 Å². The van der Waals surface area contributed by atoms with E-state index in [-0.39, 0.29) is 11.9 Å². The maximum atomic E-state index is 12.6. The number of benzene rings is 2. The molecule has 0 unspecified atom stereocenters. The number of aromatic nitrogens is 3. The van der Waals surface area contributed by atoms with Crippen LogP contribution < -0.4 is 5.32 Å². The molecule has 1 aliphatic rings. The lowest BCUT2D eigenvalue weighted by Gasteiger charge is -2.32. The van der Waals surface area contributed by atoms with E-state index in [1.54, 1.807) is 0 Å². The molecule has 168 valence electrons. The lowest BCUT2D eigenvalue weighted by atomic mass is 10.0. The molecule has 1 fully saturated rings. The smallest absolute Gasteiger partial charge is 0.230 e. The second kappa shape index (κ2) is 10.8. The Morgan fingerprint density at radius 3 is 2.50 bits per heavy atom. The number of carbonyl (C=O) groups excluding carboxylic acids is 1. The van der Waals surface area contributed by atoms with Crippen LogP contribution in [0, 0.1) is 13.8 Å². The van der Waals surface area contributed by atoms with Gasteiger partial charge in [0.15, 0.2) is 5.16 Å². The van der Waals surface area contributed by atoms with Crippen LogP contribution >= 0.6 is 11.8 Å². The molecule has 1 aliphatic heterocycles. The monoisotopic (exact) mass is 449 g/mol. The maximum Gasteiger partial charge on any atom is 0.230 e. The Labute approximate surface area is 194 Å². The van der Waals surface area contributed by atoms with E-state index >= 15 is 0 Å². The van der Waals surface area contributed by atoms with E-state index in [0.717, 1.165) is 43.5 Å². The van der Waals surface area contributed by atoms with Crippen LogP contribution in [-0.4, -0.2) is 50.5 Å². The molecule has 1 N–H and O–H groups in total. The van der Waals surface area contributed by atoms with Crippen molar-refractivity contribution in [3.8, 4) is 0 Å². The maximum absolute atomic E-state index is 12.6. The molecule has 0 aliphatic carbocycles. The summed E-state index contributed by atoms with van der Waals surface area (Å²) >= 11 is 1.45. The van der Waals surface area contributed by atoms with Crippen molar-refractivity contribution in [1.82, 2.24) is 25.0 Å². The zero-order valence-corrected chi connectivity index (χ0v) is 19.6. The summed E-state index contributed by atoms with van der Waals surface area (Å²) in [4.78, 5) is 15.0. The number of nitrogens with one attached hydrogen (secondary N) is 1. The summed E-state index contributed by atoms with van der Waals surface area (Å²) in [6, 6.07) is 19.2. The minimum absolute atomic E-state index is 0.0686. The highest BCUT2D eigenvalue weighted by molar-refractivity contribution is 7.99. The molecule has 3 aromatic rings. The molecule has 32 heavy (non-hydrogen) atoms. The van der Waals surface area contributed by atoms with Crippen LogP contribution in [0.15, 0.2) is 59.8 Å². The summed E-state index contributed by atoms with van der Waals surface area (Å²) in [5, 5.41) is 12.5. The van der Waals surface area contributed by atoms with Gasteiger partial charge in [-0.2, -0.15) is 0 Å². The number of hydrogen-bond acceptors (Lipinski definition) is 5. The summed E-state index contributed by atoms with van der Waals surface area (Å²) in [6.45, 7) is 7.80. The van der Waals surface area contributed by atoms with Gasteiger partial charge in [0.2, 0.25) is 5.91 Å². The molecule has 2 aromatic carbocycles. The predicted molar refractivity (Wildman–Crippen MR) is 129 cm³/mol. The van der Waals surface area contributed by atoms with Gasteiger partial charge in [-0.25, -0.2) is 0 Å². The van der Waals surface area contributed by atoms with Crippen LogP contribution in [0.1, 0.15) is 35.4 Å². The lowest BCUT2D eigenvalue weighted by Crippen LogP contribution is -2.44. The van der Waals surface area contributed by atoms with Crippen LogP contribution in [0.2, 0.25) is 0 Å². The number of carbonyl (C=O) groups is 1. The highest BCUT2D eigenvalue weighted by atomic mass is 32.2. The van der Waals surface area contributed by atoms with Crippen LogP contribution in [-0.2, 0) is 17.9 Å². The highest BCUT2D eigenvalue weighted by Crippen LogP contribution is 2.19. The van der Waals surface area contributed by atoms with Crippen LogP contribution in [0.25, 0.3) is 0 Å². The Balaban J connectivity index is 1.22. The number of hydrogen-bond donors (Lipinski definition) is 1. The van der Waals surface area contributed by atoms with Gasteiger partial charge in [0.05, 0.1) is 12.3 Å². The lowest BCUT2D eigenvalue weighted by molar-refractivity contribution is -0.119. The average Bonchev–Trinajstić information content (AvgIpc) is 3.14. The van der Waals surface area contributed by atoms with E-state index in [1.807, 2.05) is 25.1 Å². The normalized spacial score (nSPS) is 15.1. The topological polar surface area (TPSA) is 63.1 Å². The molecule has 4 rings (SSSR count). The Morgan fingerprint density at radius 1 is 1.00 bits per heavy atom. The van der Waals surface area contributed by atoms with Crippen molar-refractivity contribution < 1.29 is 4.79 Å². The van der Waals surface area contributed by atoms with Gasteiger partial charge in [-0.3, -0.25) is 9.69 Å². The number of thioether (sulfide) groups is 1. The van der Waals surface area contributed by atoms with Gasteiger partial charge in [-0.05, 0) is 37.8 Å². The minimum atomic E-state index is 0.0686. The first-order chi connectivity index (χ1) is 15.6. The van der Waals surface area contributed by atoms with Gasteiger partial charge in [0.25, 0.3) is 0 Å². The van der Waals surface area contributed by atoms with Crippen molar-refractivity contribution in [2.45, 2.75) is 51.0 Å². The summed E-state index contributed by atoms with van der Waals surface area (Å²) in [5.41, 5.74) is 3.86. The molecule has 6 nitrogen and oxygen atoms in total. The van der Waals surface area contributed by atoms with E-state index < -0.39 is 0 Å². The molecule has 0 spiro atoms. The molecular formula is C25H31N5OS. The first-order valence-corrected chi connectivity index (χ1v) is 12.2. The van der Waals surface area contributed by atoms with Crippen molar-refractivity contribution in [1.29, 1.82) is 0 Å². The number of likely N-dealkylation sites (tertiary alicyclic amines) is 1. The second-order valence-electron chi connectivity index (χ2n) is 8.50. The quantitative estimate of drug-likeness (QED) is 0.530. The van der Waals surface area contributed by atoms with E-state index in [1.165, 1.54) is 28.5 Å². The molecule has 0 saturated carbocycles. The van der Waals surface area contributed by atoms with Crippen molar-refractivity contribution >= 4 is 17.7 Å². The van der Waals surface area contributed by atoms with E-state index in [4.69, 9.17) is 0 Å². The zero-order valence-electron chi connectivity index (χ0n) is 18.8. The van der Waals surface area contributed by atoms with Crippen molar-refractivity contribution in [3.63, 3.8) is 0 Å². The number of nitrogens with zero attached hydrogens (tertiary/aromatic N) is 4. The fourth-order valence-electron chi connectivity index (χ4n) is 4.12. The van der Waals surface area contributed by atoms with Gasteiger partial charge in [0.1, 0.15) is 5.82 Å². The third kappa shape index (κ3) is 6.20. The Morgan fingerprint density at radius 2 is 1.75 bits per heavy atom. The van der Waals surface area contributed by atoms with E-state index in [2.05, 4.69) is 68.3 Å². The average molecular weight is 450 g/mol. The highest BCUT2D eigenvalue weighted by Gasteiger charge is 2.21. The van der Waals surface area contributed by atoms with Gasteiger partial charge in [-0.15, -0.1) is 10.2 Å². The fraction of sp³-hybridized carbons (Fsp3) is 0.400. The first-order valence-electron chi connectivity index (χ1n) is 11.2. The van der Waals surface area contributed by atoms with Crippen molar-refractivity contribution in [3.05, 3.63) is 77.1 Å². The Kier molecular flexibility index (Phi) is 7.60. The number of amides is 1. The molecule has 1 saturated heterocycles. The van der Waals surface area contributed by atoms with E-state index in [9.17, 15) is 4.79 Å². The van der Waals surface area contributed by atoms with Crippen LogP contribution in [0.5, 0.6) is 0 Å². The van der Waals surface area contributed by atoms with Gasteiger partial charge < -0.3 is 9.88 Å². The molecule has 7 heteroatoms. The van der Waals surface area contributed by atoms with Gasteiger partial charge in [0, 0.05) is 25.7 Å². The first kappa shape index (κ1) is 22.6. The SMILES string of the molecule is Cc1cccc(CN2CCC(NC(=O)CSc3nnc(C)n3Cc3ccccc3)CC2)c1. The summed E-state index contributed by atoms with van der Waals surface area (Å²) in [5.74, 6) is 1.29. The third-order valence-electron chi connectivity index (χ3n) is 5.86. The summed E-state index contributed by atoms with van der Waals surface area (Å²) < 4.78 is 2.07. The van der Waals surface area contributed by atoms with Crippen molar-refractivity contribution in [2.24, 2.45) is 0 Å². The molecule has 0 atom stereocenters. The van der Waals surface area contributed by atoms with Crippen LogP contribution in [0.3, 0.4) is 0 Å². The minimum Gasteiger partial charge on any atom is -0.353 e.